The molecule has 0 N–H and O–H groups in total. The Hall–Kier alpha value is -1.64. The molecule has 0 saturated heterocycles. The Morgan fingerprint density at radius 2 is 2.20 bits per heavy atom. The minimum Gasteiger partial charge on any atom is -0.300 e. The second-order valence-corrected chi connectivity index (χ2v) is 4.24. The third kappa shape index (κ3) is 1.19. The van der Waals surface area contributed by atoms with Crippen LogP contribution in [0, 0.1) is 6.92 Å². The Kier molecular flexibility index (Phi) is 1.69. The molecule has 76 valence electrons. The minimum absolute atomic E-state index is 0.557. The van der Waals surface area contributed by atoms with Crippen LogP contribution in [0.2, 0.25) is 0 Å². The van der Waals surface area contributed by atoms with Gasteiger partial charge in [0.2, 0.25) is 0 Å². The molecule has 2 heterocycles. The first-order valence-electron chi connectivity index (χ1n) is 5.21. The Morgan fingerprint density at radius 1 is 1.40 bits per heavy atom. The summed E-state index contributed by atoms with van der Waals surface area (Å²) in [6.45, 7) is 5.98. The number of fused-ring (bicyclic) bond motifs is 1. The first kappa shape index (κ1) is 8.65. The summed E-state index contributed by atoms with van der Waals surface area (Å²) in [5.74, 6) is 1.71. The molecule has 1 aliphatic rings. The fraction of sp³-hybridized carbons (Fsp3) is 0.333. The van der Waals surface area contributed by atoms with Gasteiger partial charge in [0.1, 0.15) is 5.82 Å². The lowest BCUT2D eigenvalue weighted by Crippen LogP contribution is -2.15. The van der Waals surface area contributed by atoms with Crippen LogP contribution < -0.4 is 0 Å². The number of aryl methyl sites for hydroxylation is 1. The molecule has 0 aromatic carbocycles. The van der Waals surface area contributed by atoms with Gasteiger partial charge in [0.15, 0.2) is 0 Å². The molecule has 1 saturated carbocycles. The molecule has 0 radical (unpaired) electrons. The number of imidazole rings is 1. The topological polar surface area (TPSA) is 30.2 Å². The molecule has 0 spiro atoms. The molecule has 2 aromatic heterocycles. The van der Waals surface area contributed by atoms with Crippen molar-refractivity contribution < 1.29 is 0 Å². The second kappa shape index (κ2) is 2.92. The standard InChI is InChI=1S/C12H13N3/c1-8-5-10(6-8)12-14-7-11-9(2)13-3-4-15(11)12/h3-4,7,10H,1,5-6H2,2H3. The summed E-state index contributed by atoms with van der Waals surface area (Å²) in [7, 11) is 0. The van der Waals surface area contributed by atoms with Crippen molar-refractivity contribution in [3.8, 4) is 0 Å². The number of allylic oxidation sites excluding steroid dienone is 1. The summed E-state index contributed by atoms with van der Waals surface area (Å²) in [6.07, 6.45) is 7.91. The largest absolute Gasteiger partial charge is 0.300 e. The first-order chi connectivity index (χ1) is 7.25. The monoisotopic (exact) mass is 199 g/mol. The molecule has 3 nitrogen and oxygen atoms in total. The van der Waals surface area contributed by atoms with Crippen LogP contribution in [0.3, 0.4) is 0 Å². The zero-order valence-corrected chi connectivity index (χ0v) is 8.77. The van der Waals surface area contributed by atoms with E-state index in [0.717, 1.165) is 29.9 Å². The highest BCUT2D eigenvalue weighted by Gasteiger charge is 2.26. The number of aromatic nitrogens is 3. The molecule has 0 amide bonds. The smallest absolute Gasteiger partial charge is 0.117 e. The van der Waals surface area contributed by atoms with Crippen LogP contribution in [0.15, 0.2) is 30.7 Å². The maximum atomic E-state index is 4.49. The van der Waals surface area contributed by atoms with E-state index in [9.17, 15) is 0 Å². The van der Waals surface area contributed by atoms with Crippen molar-refractivity contribution in [2.24, 2.45) is 0 Å². The highest BCUT2D eigenvalue weighted by atomic mass is 15.0. The van der Waals surface area contributed by atoms with Crippen LogP contribution in [-0.2, 0) is 0 Å². The van der Waals surface area contributed by atoms with Gasteiger partial charge >= 0.3 is 0 Å². The first-order valence-corrected chi connectivity index (χ1v) is 5.21. The summed E-state index contributed by atoms with van der Waals surface area (Å²) >= 11 is 0. The SMILES string of the molecule is C=C1CC(c2ncc3c(C)nccn23)C1. The molecule has 3 heteroatoms. The molecule has 0 unspecified atom stereocenters. The Balaban J connectivity index is 2.12. The van der Waals surface area contributed by atoms with Crippen molar-refractivity contribution in [2.75, 3.05) is 0 Å². The van der Waals surface area contributed by atoms with Gasteiger partial charge in [-0.3, -0.25) is 4.98 Å². The van der Waals surface area contributed by atoms with E-state index in [4.69, 9.17) is 0 Å². The van der Waals surface area contributed by atoms with Crippen LogP contribution in [0.4, 0.5) is 0 Å². The van der Waals surface area contributed by atoms with Gasteiger partial charge in [0.25, 0.3) is 0 Å². The normalized spacial score (nSPS) is 17.0. The molecule has 1 aliphatic carbocycles. The molecule has 1 fully saturated rings. The highest BCUT2D eigenvalue weighted by Crippen LogP contribution is 2.39. The lowest BCUT2D eigenvalue weighted by atomic mass is 9.80. The van der Waals surface area contributed by atoms with Crippen LogP contribution in [0.5, 0.6) is 0 Å². The summed E-state index contributed by atoms with van der Waals surface area (Å²) < 4.78 is 2.15. The number of hydrogen-bond donors (Lipinski definition) is 0. The molecule has 15 heavy (non-hydrogen) atoms. The highest BCUT2D eigenvalue weighted by molar-refractivity contribution is 5.50. The summed E-state index contributed by atoms with van der Waals surface area (Å²) in [4.78, 5) is 8.75. The maximum absolute atomic E-state index is 4.49. The fourth-order valence-electron chi connectivity index (χ4n) is 2.20. The molecule has 2 aromatic rings. The molecule has 0 aliphatic heterocycles. The van der Waals surface area contributed by atoms with Crippen molar-refractivity contribution in [3.05, 3.63) is 42.3 Å². The van der Waals surface area contributed by atoms with Gasteiger partial charge in [0.05, 0.1) is 17.4 Å². The average Bonchev–Trinajstić information content (AvgIpc) is 2.58. The molecular formula is C12H13N3. The van der Waals surface area contributed by atoms with E-state index in [-0.39, 0.29) is 0 Å². The fourth-order valence-corrected chi connectivity index (χ4v) is 2.20. The summed E-state index contributed by atoms with van der Waals surface area (Å²) in [6, 6.07) is 0. The van der Waals surface area contributed by atoms with Crippen molar-refractivity contribution in [2.45, 2.75) is 25.7 Å². The van der Waals surface area contributed by atoms with E-state index in [1.165, 1.54) is 5.57 Å². The third-order valence-corrected chi connectivity index (χ3v) is 3.12. The lowest BCUT2D eigenvalue weighted by Gasteiger charge is -2.27. The number of hydrogen-bond acceptors (Lipinski definition) is 2. The van der Waals surface area contributed by atoms with E-state index in [2.05, 4.69) is 20.9 Å². The maximum Gasteiger partial charge on any atom is 0.117 e. The van der Waals surface area contributed by atoms with Gasteiger partial charge in [-0.15, -0.1) is 0 Å². The third-order valence-electron chi connectivity index (χ3n) is 3.12. The van der Waals surface area contributed by atoms with Gasteiger partial charge < -0.3 is 4.40 Å². The molecule has 3 rings (SSSR count). The van der Waals surface area contributed by atoms with Crippen molar-refractivity contribution in [1.82, 2.24) is 14.4 Å². The Labute approximate surface area is 88.5 Å². The Bertz CT molecular complexity index is 531. The van der Waals surface area contributed by atoms with Crippen LogP contribution >= 0.6 is 0 Å². The van der Waals surface area contributed by atoms with Gasteiger partial charge in [-0.05, 0) is 19.8 Å². The summed E-state index contributed by atoms with van der Waals surface area (Å²) in [5, 5.41) is 0. The van der Waals surface area contributed by atoms with E-state index < -0.39 is 0 Å². The van der Waals surface area contributed by atoms with Gasteiger partial charge in [-0.25, -0.2) is 4.98 Å². The van der Waals surface area contributed by atoms with E-state index in [0.29, 0.717) is 5.92 Å². The van der Waals surface area contributed by atoms with Crippen LogP contribution in [0.25, 0.3) is 5.52 Å². The van der Waals surface area contributed by atoms with Gasteiger partial charge in [-0.1, -0.05) is 12.2 Å². The second-order valence-electron chi connectivity index (χ2n) is 4.24. The number of rotatable bonds is 1. The predicted molar refractivity (Wildman–Crippen MR) is 58.8 cm³/mol. The van der Waals surface area contributed by atoms with Gasteiger partial charge in [-0.2, -0.15) is 0 Å². The van der Waals surface area contributed by atoms with Crippen LogP contribution in [0.1, 0.15) is 30.3 Å². The van der Waals surface area contributed by atoms with Gasteiger partial charge in [0, 0.05) is 18.3 Å². The van der Waals surface area contributed by atoms with Crippen molar-refractivity contribution >= 4 is 5.52 Å². The van der Waals surface area contributed by atoms with E-state index >= 15 is 0 Å². The molecule has 0 atom stereocenters. The zero-order valence-electron chi connectivity index (χ0n) is 8.77. The van der Waals surface area contributed by atoms with E-state index in [1.807, 2.05) is 25.5 Å². The van der Waals surface area contributed by atoms with Crippen LogP contribution in [-0.4, -0.2) is 14.4 Å². The predicted octanol–water partition coefficient (Wildman–Crippen LogP) is 2.47. The zero-order chi connectivity index (χ0) is 10.4. The Morgan fingerprint density at radius 3 is 2.93 bits per heavy atom. The van der Waals surface area contributed by atoms with E-state index in [1.54, 1.807) is 0 Å². The number of nitrogens with zero attached hydrogens (tertiary/aromatic N) is 3. The molecular weight excluding hydrogens is 186 g/mol. The lowest BCUT2D eigenvalue weighted by molar-refractivity contribution is 0.520. The minimum atomic E-state index is 0.557. The summed E-state index contributed by atoms with van der Waals surface area (Å²) in [5.41, 5.74) is 3.49. The quantitative estimate of drug-likeness (QED) is 0.660. The van der Waals surface area contributed by atoms with Crippen molar-refractivity contribution in [3.63, 3.8) is 0 Å². The van der Waals surface area contributed by atoms with Crippen molar-refractivity contribution in [1.29, 1.82) is 0 Å². The average molecular weight is 199 g/mol. The molecule has 0 bridgehead atoms.